The van der Waals surface area contributed by atoms with E-state index >= 15 is 0 Å². The topological polar surface area (TPSA) is 265 Å². The molecule has 84 heavy (non-hydrogen) atoms. The van der Waals surface area contributed by atoms with Gasteiger partial charge in [-0.25, -0.2) is 38.1 Å². The number of hydrogen-bond donors (Lipinski definition) is 9. The van der Waals surface area contributed by atoms with Gasteiger partial charge in [0, 0.05) is 61.8 Å². The number of halogens is 7. The fraction of sp³-hybridized carbons (Fsp3) is 0.389. The monoisotopic (exact) mass is 1200 g/mol. The molecule has 6 rings (SSSR count). The van der Waals surface area contributed by atoms with Crippen LogP contribution in [0, 0.1) is 18.6 Å². The fourth-order valence-corrected chi connectivity index (χ4v) is 6.69. The molecule has 9 N–H and O–H groups in total. The third-order valence-corrected chi connectivity index (χ3v) is 10.7. The lowest BCUT2D eigenvalue weighted by Crippen LogP contribution is -2.22. The summed E-state index contributed by atoms with van der Waals surface area (Å²) in [4.78, 5) is 65.9. The Morgan fingerprint density at radius 3 is 1.27 bits per heavy atom. The lowest BCUT2D eigenvalue weighted by molar-refractivity contribution is -0.159. The van der Waals surface area contributed by atoms with Crippen LogP contribution in [-0.4, -0.2) is 156 Å². The normalized spacial score (nSPS) is 10.9. The Morgan fingerprint density at radius 1 is 0.524 bits per heavy atom. The van der Waals surface area contributed by atoms with Gasteiger partial charge in [-0.15, -0.1) is 0 Å². The average Bonchev–Trinajstić information content (AvgIpc) is 3.62. The number of ether oxygens (including phenoxy) is 2. The number of nitrogens with zero attached hydrogens (tertiary/aromatic N) is 9. The average molecular weight is 1200 g/mol. The van der Waals surface area contributed by atoms with Crippen molar-refractivity contribution in [2.45, 2.75) is 59.7 Å². The SMILES string of the molecule is C.CN(C)CCCNc1ccnc(NC(=O)Nc2ccc(OC(C)(F)F)cc2)n1.CN(C)CCCNc1nc(NC(=O)Nc2ccc(OC(C)(F)F)cc2)ncc1F.Cc1cc(NC(=O)Nc2ncc(F)c(NCCCN(C)C)n2)ccc1Cl. The zero-order valence-electron chi connectivity index (χ0n) is 47.2. The van der Waals surface area contributed by atoms with Gasteiger partial charge in [0.05, 0.1) is 12.4 Å². The Bertz CT molecular complexity index is 2980. The van der Waals surface area contributed by atoms with E-state index in [0.29, 0.717) is 54.8 Å². The van der Waals surface area contributed by atoms with Crippen LogP contribution in [0.1, 0.15) is 46.1 Å². The molecular formula is C54H73ClF6N18O5. The molecule has 0 fully saturated rings. The van der Waals surface area contributed by atoms with Gasteiger partial charge in [0.2, 0.25) is 17.8 Å². The summed E-state index contributed by atoms with van der Waals surface area (Å²) in [5.41, 5.74) is 2.15. The van der Waals surface area contributed by atoms with Crippen molar-refractivity contribution in [3.8, 4) is 11.5 Å². The van der Waals surface area contributed by atoms with Crippen LogP contribution in [0.5, 0.6) is 11.5 Å². The molecule has 3 heterocycles. The van der Waals surface area contributed by atoms with Crippen molar-refractivity contribution in [1.82, 2.24) is 44.6 Å². The van der Waals surface area contributed by atoms with Crippen molar-refractivity contribution in [2.24, 2.45) is 0 Å². The summed E-state index contributed by atoms with van der Waals surface area (Å²) in [6.45, 7) is 7.56. The molecule has 458 valence electrons. The Kier molecular flexibility index (Phi) is 28.9. The van der Waals surface area contributed by atoms with Gasteiger partial charge in [-0.1, -0.05) is 19.0 Å². The number of nitrogens with one attached hydrogen (secondary N) is 9. The molecule has 3 aromatic heterocycles. The zero-order valence-corrected chi connectivity index (χ0v) is 48.0. The highest BCUT2D eigenvalue weighted by molar-refractivity contribution is 6.31. The number of aryl methyl sites for hydroxylation is 1. The molecule has 0 bridgehead atoms. The molecule has 0 aliphatic rings. The minimum absolute atomic E-state index is 0. The second-order valence-corrected chi connectivity index (χ2v) is 19.3. The van der Waals surface area contributed by atoms with Gasteiger partial charge >= 0.3 is 30.3 Å². The summed E-state index contributed by atoms with van der Waals surface area (Å²) in [6, 6.07) is 16.0. The molecule has 0 spiro atoms. The van der Waals surface area contributed by atoms with Gasteiger partial charge in [0.15, 0.2) is 23.3 Å². The van der Waals surface area contributed by atoms with E-state index in [2.05, 4.69) is 92.1 Å². The number of carbonyl (C=O) groups is 3. The molecule has 0 radical (unpaired) electrons. The first-order valence-electron chi connectivity index (χ1n) is 25.6. The summed E-state index contributed by atoms with van der Waals surface area (Å²) >= 11 is 5.96. The number of aromatic nitrogens is 6. The predicted molar refractivity (Wildman–Crippen MR) is 317 cm³/mol. The molecular weight excluding hydrogens is 1130 g/mol. The Hall–Kier alpha value is -8.54. The number of anilines is 9. The van der Waals surface area contributed by atoms with E-state index in [0.717, 1.165) is 63.4 Å². The fourth-order valence-electron chi connectivity index (χ4n) is 6.58. The van der Waals surface area contributed by atoms with E-state index in [1.165, 1.54) is 54.7 Å². The molecule has 3 aromatic carbocycles. The van der Waals surface area contributed by atoms with Crippen molar-refractivity contribution in [1.29, 1.82) is 0 Å². The molecule has 6 amide bonds. The molecule has 6 aromatic rings. The van der Waals surface area contributed by atoms with Crippen LogP contribution in [0.4, 0.5) is 93.1 Å². The van der Waals surface area contributed by atoms with Crippen molar-refractivity contribution in [3.63, 3.8) is 0 Å². The Balaban J connectivity index is 0.000000329. The summed E-state index contributed by atoms with van der Waals surface area (Å²) in [5, 5.41) is 24.6. The zero-order chi connectivity index (χ0) is 61.1. The maximum atomic E-state index is 13.8. The van der Waals surface area contributed by atoms with Crippen LogP contribution >= 0.6 is 11.6 Å². The minimum Gasteiger partial charge on any atom is -0.433 e. The minimum atomic E-state index is -3.30. The lowest BCUT2D eigenvalue weighted by Gasteiger charge is -2.13. The number of rotatable bonds is 25. The van der Waals surface area contributed by atoms with E-state index in [1.54, 1.807) is 24.3 Å². The van der Waals surface area contributed by atoms with Crippen LogP contribution < -0.4 is 57.3 Å². The third-order valence-electron chi connectivity index (χ3n) is 10.3. The molecule has 0 aliphatic heterocycles. The maximum absolute atomic E-state index is 13.8. The van der Waals surface area contributed by atoms with Crippen molar-refractivity contribution in [3.05, 3.63) is 114 Å². The molecule has 23 nitrogen and oxygen atoms in total. The number of benzene rings is 3. The van der Waals surface area contributed by atoms with Crippen molar-refractivity contribution < 1.29 is 50.2 Å². The van der Waals surface area contributed by atoms with Crippen LogP contribution in [0.25, 0.3) is 0 Å². The first-order chi connectivity index (χ1) is 39.2. The molecule has 0 unspecified atom stereocenters. The van der Waals surface area contributed by atoms with Crippen molar-refractivity contribution in [2.75, 3.05) is 129 Å². The number of amides is 6. The van der Waals surface area contributed by atoms with E-state index in [-0.39, 0.29) is 48.4 Å². The maximum Gasteiger partial charge on any atom is 0.394 e. The summed E-state index contributed by atoms with van der Waals surface area (Å²) < 4.78 is 87.6. The van der Waals surface area contributed by atoms with E-state index in [1.807, 2.05) is 59.0 Å². The van der Waals surface area contributed by atoms with Gasteiger partial charge in [-0.3, -0.25) is 16.0 Å². The first kappa shape index (κ1) is 69.7. The van der Waals surface area contributed by atoms with Crippen LogP contribution in [0.2, 0.25) is 5.02 Å². The molecule has 0 atom stereocenters. The number of alkyl halides is 4. The Labute approximate surface area is 489 Å². The van der Waals surface area contributed by atoms with Gasteiger partial charge in [-0.2, -0.15) is 32.5 Å². The summed E-state index contributed by atoms with van der Waals surface area (Å²) in [7, 11) is 11.8. The molecule has 0 saturated carbocycles. The van der Waals surface area contributed by atoms with E-state index in [4.69, 9.17) is 11.6 Å². The number of carbonyl (C=O) groups excluding carboxylic acids is 3. The summed E-state index contributed by atoms with van der Waals surface area (Å²) in [5.74, 6) is -0.572. The van der Waals surface area contributed by atoms with E-state index < -0.39 is 41.9 Å². The number of urea groups is 3. The number of hydrogen-bond acceptors (Lipinski definition) is 17. The van der Waals surface area contributed by atoms with Gasteiger partial charge < -0.3 is 56.1 Å². The van der Waals surface area contributed by atoms with Gasteiger partial charge in [0.25, 0.3) is 0 Å². The second kappa shape index (κ2) is 34.8. The molecule has 0 aliphatic carbocycles. The van der Waals surface area contributed by atoms with Crippen LogP contribution in [0.3, 0.4) is 0 Å². The summed E-state index contributed by atoms with van der Waals surface area (Å²) in [6.07, 6.45) is -0.506. The molecule has 0 saturated heterocycles. The smallest absolute Gasteiger partial charge is 0.394 e. The highest BCUT2D eigenvalue weighted by Gasteiger charge is 2.24. The van der Waals surface area contributed by atoms with Crippen molar-refractivity contribution >= 4 is 82.1 Å². The highest BCUT2D eigenvalue weighted by atomic mass is 35.5. The van der Waals surface area contributed by atoms with Gasteiger partial charge in [-0.05, 0) is 166 Å². The first-order valence-corrected chi connectivity index (χ1v) is 25.9. The lowest BCUT2D eigenvalue weighted by atomic mass is 10.2. The molecule has 30 heteroatoms. The van der Waals surface area contributed by atoms with Gasteiger partial charge in [0.1, 0.15) is 17.3 Å². The highest BCUT2D eigenvalue weighted by Crippen LogP contribution is 2.25. The van der Waals surface area contributed by atoms with E-state index in [9.17, 15) is 40.7 Å². The van der Waals surface area contributed by atoms with Crippen LogP contribution in [0.15, 0.2) is 91.4 Å². The standard InChI is InChI=1S/C18H23F3N6O2.C18H24F2N6O2.C17H22ClFN6O.CH4/c1-18(20,21)29-13-7-5-12(6-8-13)24-17(28)26-16-23-11-14(19)15(25-16)22-9-4-10-27(2)3;1-18(19,20)28-14-7-5-13(6-8-14)23-17(27)25-16-22-11-9-15(24-16)21-10-4-12-26(2)3;1-11-9-12(5-6-13(11)18)22-17(26)24-16-21-10-14(19)15(23-16)20-7-4-8-25(2)3;/h5-8,11H,4,9-10H2,1-3H3,(H3,22,23,24,25,26,28);5-9,11H,4,10,12H2,1-3H3,(H3,21,22,23,24,25,27);5-6,9-10H,4,7-8H2,1-3H3,(H3,20,21,22,23,24,26);1H4. The van der Waals surface area contributed by atoms with Crippen LogP contribution in [-0.2, 0) is 0 Å². The predicted octanol–water partition coefficient (Wildman–Crippen LogP) is 11.3. The second-order valence-electron chi connectivity index (χ2n) is 18.9. The Morgan fingerprint density at radius 2 is 0.893 bits per heavy atom. The quantitative estimate of drug-likeness (QED) is 0.0191. The largest absolute Gasteiger partial charge is 0.433 e. The third kappa shape index (κ3) is 28.9.